The third-order valence-electron chi connectivity index (χ3n) is 3.19. The van der Waals surface area contributed by atoms with Crippen LogP contribution in [0.4, 0.5) is 0 Å². The van der Waals surface area contributed by atoms with Crippen LogP contribution >= 0.6 is 35.0 Å². The molecule has 0 saturated heterocycles. The molecular weight excluding hydrogens is 353 g/mol. The molecule has 0 aliphatic heterocycles. The van der Waals surface area contributed by atoms with Gasteiger partial charge in [-0.15, -0.1) is 11.8 Å². The van der Waals surface area contributed by atoms with Gasteiger partial charge in [-0.2, -0.15) is 0 Å². The highest BCUT2D eigenvalue weighted by Gasteiger charge is 2.16. The van der Waals surface area contributed by atoms with Gasteiger partial charge >= 0.3 is 0 Å². The lowest BCUT2D eigenvalue weighted by atomic mass is 10.2. The van der Waals surface area contributed by atoms with Crippen LogP contribution < -0.4 is 10.1 Å². The molecule has 2 rings (SSSR count). The highest BCUT2D eigenvalue weighted by atomic mass is 35.5. The Balaban J connectivity index is 1.90. The van der Waals surface area contributed by atoms with E-state index in [-0.39, 0.29) is 11.2 Å². The molecule has 6 heteroatoms. The van der Waals surface area contributed by atoms with Crippen molar-refractivity contribution in [1.82, 2.24) is 5.32 Å². The van der Waals surface area contributed by atoms with Gasteiger partial charge in [-0.25, -0.2) is 0 Å². The van der Waals surface area contributed by atoms with Crippen LogP contribution in [0, 0.1) is 0 Å². The quantitative estimate of drug-likeness (QED) is 0.743. The predicted molar refractivity (Wildman–Crippen MR) is 96.6 cm³/mol. The number of amides is 1. The van der Waals surface area contributed by atoms with E-state index < -0.39 is 0 Å². The standard InChI is InChI=1S/C17H17Cl2NO2S/c1-11(23-16-9-13(18)5-8-15(16)19)17(21)20-10-12-3-6-14(22-2)7-4-12/h3-9,11H,10H2,1-2H3,(H,20,21)/t11-/m1/s1. The minimum absolute atomic E-state index is 0.0538. The van der Waals surface area contributed by atoms with E-state index in [4.69, 9.17) is 27.9 Å². The monoisotopic (exact) mass is 369 g/mol. The Labute approximate surface area is 150 Å². The molecule has 1 amide bonds. The minimum Gasteiger partial charge on any atom is -0.497 e. The van der Waals surface area contributed by atoms with Gasteiger partial charge in [0, 0.05) is 16.5 Å². The summed E-state index contributed by atoms with van der Waals surface area (Å²) in [6, 6.07) is 12.8. The van der Waals surface area contributed by atoms with Crippen molar-refractivity contribution in [3.05, 3.63) is 58.1 Å². The van der Waals surface area contributed by atoms with E-state index in [1.54, 1.807) is 25.3 Å². The van der Waals surface area contributed by atoms with Gasteiger partial charge in [-0.3, -0.25) is 4.79 Å². The number of carbonyl (C=O) groups is 1. The maximum atomic E-state index is 12.2. The van der Waals surface area contributed by atoms with Crippen LogP contribution in [0.1, 0.15) is 12.5 Å². The number of hydrogen-bond acceptors (Lipinski definition) is 3. The second kappa shape index (κ2) is 8.48. The lowest BCUT2D eigenvalue weighted by molar-refractivity contribution is -0.120. The van der Waals surface area contributed by atoms with Crippen LogP contribution in [0.25, 0.3) is 0 Å². The molecule has 0 spiro atoms. The summed E-state index contributed by atoms with van der Waals surface area (Å²) in [6.45, 7) is 2.31. The normalized spacial score (nSPS) is 11.8. The topological polar surface area (TPSA) is 38.3 Å². The minimum atomic E-state index is -0.274. The van der Waals surface area contributed by atoms with Gasteiger partial charge in [0.25, 0.3) is 0 Å². The Hall–Kier alpha value is -1.36. The molecule has 0 unspecified atom stereocenters. The van der Waals surface area contributed by atoms with Gasteiger partial charge in [-0.05, 0) is 42.8 Å². The highest BCUT2D eigenvalue weighted by molar-refractivity contribution is 8.00. The SMILES string of the molecule is COc1ccc(CNC(=O)[C@@H](C)Sc2cc(Cl)ccc2Cl)cc1. The fourth-order valence-electron chi connectivity index (χ4n) is 1.89. The van der Waals surface area contributed by atoms with E-state index >= 15 is 0 Å². The third-order valence-corrected chi connectivity index (χ3v) is 5.03. The Bertz CT molecular complexity index is 677. The summed E-state index contributed by atoms with van der Waals surface area (Å²) in [5, 5.41) is 3.83. The van der Waals surface area contributed by atoms with E-state index in [0.29, 0.717) is 16.6 Å². The van der Waals surface area contributed by atoms with Gasteiger partial charge in [0.05, 0.1) is 17.4 Å². The summed E-state index contributed by atoms with van der Waals surface area (Å²) < 4.78 is 5.11. The lowest BCUT2D eigenvalue weighted by Crippen LogP contribution is -2.30. The van der Waals surface area contributed by atoms with Crippen molar-refractivity contribution in [3.63, 3.8) is 0 Å². The lowest BCUT2D eigenvalue weighted by Gasteiger charge is -2.13. The van der Waals surface area contributed by atoms with Crippen molar-refractivity contribution in [2.24, 2.45) is 0 Å². The second-order valence-electron chi connectivity index (χ2n) is 4.90. The summed E-state index contributed by atoms with van der Waals surface area (Å²) in [5.74, 6) is 0.737. The Morgan fingerprint density at radius 1 is 1.22 bits per heavy atom. The maximum absolute atomic E-state index is 12.2. The molecule has 0 aliphatic carbocycles. The van der Waals surface area contributed by atoms with Crippen LogP contribution in [-0.4, -0.2) is 18.3 Å². The van der Waals surface area contributed by atoms with E-state index in [2.05, 4.69) is 5.32 Å². The summed E-state index contributed by atoms with van der Waals surface area (Å²) in [6.07, 6.45) is 0. The maximum Gasteiger partial charge on any atom is 0.233 e. The van der Waals surface area contributed by atoms with Gasteiger partial charge in [0.15, 0.2) is 0 Å². The van der Waals surface area contributed by atoms with Crippen LogP contribution in [0.15, 0.2) is 47.4 Å². The number of halogens is 2. The number of hydrogen-bond donors (Lipinski definition) is 1. The number of rotatable bonds is 6. The third kappa shape index (κ3) is 5.34. The van der Waals surface area contributed by atoms with Crippen LogP contribution in [0.3, 0.4) is 0 Å². The molecule has 2 aromatic carbocycles. The first-order valence-corrected chi connectivity index (χ1v) is 8.65. The molecule has 122 valence electrons. The van der Waals surface area contributed by atoms with E-state index in [0.717, 1.165) is 16.2 Å². The molecule has 1 N–H and O–H groups in total. The van der Waals surface area contributed by atoms with Crippen molar-refractivity contribution < 1.29 is 9.53 Å². The molecule has 0 aromatic heterocycles. The molecule has 0 fully saturated rings. The molecule has 2 aromatic rings. The summed E-state index contributed by atoms with van der Waals surface area (Å²) in [5.41, 5.74) is 1.01. The fraction of sp³-hybridized carbons (Fsp3) is 0.235. The number of carbonyl (C=O) groups excluding carboxylic acids is 1. The number of thioether (sulfide) groups is 1. The Kier molecular flexibility index (Phi) is 6.63. The zero-order chi connectivity index (χ0) is 16.8. The molecule has 23 heavy (non-hydrogen) atoms. The van der Waals surface area contributed by atoms with Gasteiger partial charge in [-0.1, -0.05) is 35.3 Å². The van der Waals surface area contributed by atoms with Crippen molar-refractivity contribution in [2.45, 2.75) is 23.6 Å². The largest absolute Gasteiger partial charge is 0.497 e. The molecule has 3 nitrogen and oxygen atoms in total. The average Bonchev–Trinajstić information content (AvgIpc) is 2.56. The summed E-state index contributed by atoms with van der Waals surface area (Å²) in [7, 11) is 1.62. The van der Waals surface area contributed by atoms with Gasteiger partial charge in [0.2, 0.25) is 5.91 Å². The number of methoxy groups -OCH3 is 1. The van der Waals surface area contributed by atoms with Crippen molar-refractivity contribution in [3.8, 4) is 5.75 Å². The van der Waals surface area contributed by atoms with Crippen molar-refractivity contribution in [1.29, 1.82) is 0 Å². The van der Waals surface area contributed by atoms with Crippen LogP contribution in [0.2, 0.25) is 10.0 Å². The zero-order valence-corrected chi connectivity index (χ0v) is 15.1. The number of benzene rings is 2. The predicted octanol–water partition coefficient (Wildman–Crippen LogP) is 4.80. The van der Waals surface area contributed by atoms with E-state index in [1.807, 2.05) is 31.2 Å². The molecule has 0 saturated carbocycles. The van der Waals surface area contributed by atoms with Crippen LogP contribution in [0.5, 0.6) is 5.75 Å². The van der Waals surface area contributed by atoms with E-state index in [1.165, 1.54) is 11.8 Å². The Morgan fingerprint density at radius 3 is 2.57 bits per heavy atom. The van der Waals surface area contributed by atoms with Gasteiger partial charge in [0.1, 0.15) is 5.75 Å². The summed E-state index contributed by atoms with van der Waals surface area (Å²) >= 11 is 13.5. The van der Waals surface area contributed by atoms with Crippen molar-refractivity contribution >= 4 is 40.9 Å². The molecule has 0 bridgehead atoms. The Morgan fingerprint density at radius 2 is 1.91 bits per heavy atom. The van der Waals surface area contributed by atoms with Crippen molar-refractivity contribution in [2.75, 3.05) is 7.11 Å². The number of ether oxygens (including phenoxy) is 1. The fourth-order valence-corrected chi connectivity index (χ4v) is 3.32. The highest BCUT2D eigenvalue weighted by Crippen LogP contribution is 2.32. The van der Waals surface area contributed by atoms with Crippen LogP contribution in [-0.2, 0) is 11.3 Å². The average molecular weight is 370 g/mol. The molecule has 1 atom stereocenters. The molecule has 0 heterocycles. The number of nitrogens with one attached hydrogen (secondary N) is 1. The first kappa shape index (κ1) is 18.0. The van der Waals surface area contributed by atoms with Gasteiger partial charge < -0.3 is 10.1 Å². The molecule has 0 aliphatic rings. The molecular formula is C17H17Cl2NO2S. The first-order valence-electron chi connectivity index (χ1n) is 7.02. The smallest absolute Gasteiger partial charge is 0.233 e. The van der Waals surface area contributed by atoms with E-state index in [9.17, 15) is 4.79 Å². The zero-order valence-electron chi connectivity index (χ0n) is 12.8. The second-order valence-corrected chi connectivity index (χ2v) is 7.13. The first-order chi connectivity index (χ1) is 11.0. The summed E-state index contributed by atoms with van der Waals surface area (Å²) in [4.78, 5) is 13.0. The molecule has 0 radical (unpaired) electrons.